The highest BCUT2D eigenvalue weighted by Crippen LogP contribution is 2.48. The van der Waals surface area contributed by atoms with Crippen LogP contribution in [0.3, 0.4) is 0 Å². The van der Waals surface area contributed by atoms with E-state index in [1.807, 2.05) is 29.2 Å². The zero-order valence-corrected chi connectivity index (χ0v) is 22.6. The van der Waals surface area contributed by atoms with Crippen molar-refractivity contribution in [2.45, 2.75) is 43.8 Å². The lowest BCUT2D eigenvalue weighted by molar-refractivity contribution is -0.125. The van der Waals surface area contributed by atoms with Crippen molar-refractivity contribution in [2.75, 3.05) is 33.9 Å². The zero-order chi connectivity index (χ0) is 26.9. The van der Waals surface area contributed by atoms with Crippen LogP contribution in [-0.4, -0.2) is 61.5 Å². The van der Waals surface area contributed by atoms with Crippen LogP contribution in [-0.2, 0) is 17.8 Å². The van der Waals surface area contributed by atoms with E-state index in [-0.39, 0.29) is 23.9 Å². The maximum atomic E-state index is 14.2. The van der Waals surface area contributed by atoms with E-state index in [2.05, 4.69) is 46.6 Å². The van der Waals surface area contributed by atoms with Crippen molar-refractivity contribution in [3.63, 3.8) is 0 Å². The number of amides is 2. The third kappa shape index (κ3) is 4.76. The Morgan fingerprint density at radius 3 is 2.33 bits per heavy atom. The van der Waals surface area contributed by atoms with Crippen LogP contribution in [0.2, 0.25) is 0 Å². The van der Waals surface area contributed by atoms with E-state index in [1.165, 1.54) is 11.1 Å². The van der Waals surface area contributed by atoms with Gasteiger partial charge in [-0.25, -0.2) is 0 Å². The first-order valence-corrected chi connectivity index (χ1v) is 13.8. The summed E-state index contributed by atoms with van der Waals surface area (Å²) in [5.74, 6) is 0.369. The standard InChI is InChI=1S/C32H35N3O4/c1-38-27-18-25-26(19-28(27)39-2)32(37)35-17-12-22-10-6-7-11-24(22)30(35)29(25)31(36)33-23-13-15-34(16-14-23)20-21-8-4-3-5-9-21/h3-11,18-19,23,29-30H,12-17,20H2,1-2H3,(H,33,36). The topological polar surface area (TPSA) is 71.1 Å². The SMILES string of the molecule is COc1cc2c(cc1OC)C(C(=O)NC1CCN(Cc3ccccc3)CC1)C1c3ccccc3CCN1C2=O. The average Bonchev–Trinajstić information content (AvgIpc) is 2.98. The molecule has 2 atom stereocenters. The minimum Gasteiger partial charge on any atom is -0.493 e. The van der Waals surface area contributed by atoms with E-state index in [0.717, 1.165) is 44.5 Å². The van der Waals surface area contributed by atoms with Gasteiger partial charge in [0.25, 0.3) is 5.91 Å². The second-order valence-electron chi connectivity index (χ2n) is 10.7. The van der Waals surface area contributed by atoms with Gasteiger partial charge in [0.1, 0.15) is 0 Å². The Balaban J connectivity index is 1.29. The summed E-state index contributed by atoms with van der Waals surface area (Å²) in [6.45, 7) is 3.37. The number of likely N-dealkylation sites (tertiary alicyclic amines) is 1. The minimum atomic E-state index is -0.540. The van der Waals surface area contributed by atoms with Gasteiger partial charge < -0.3 is 19.7 Å². The quantitative estimate of drug-likeness (QED) is 0.519. The molecule has 0 aliphatic carbocycles. The molecular weight excluding hydrogens is 490 g/mol. The van der Waals surface area contributed by atoms with Gasteiger partial charge in [-0.15, -0.1) is 0 Å². The molecule has 1 saturated heterocycles. The number of hydrogen-bond donors (Lipinski definition) is 1. The van der Waals surface area contributed by atoms with Gasteiger partial charge in [0.15, 0.2) is 11.5 Å². The molecule has 3 aromatic carbocycles. The van der Waals surface area contributed by atoms with Crippen LogP contribution >= 0.6 is 0 Å². The average molecular weight is 526 g/mol. The van der Waals surface area contributed by atoms with Crippen molar-refractivity contribution in [1.29, 1.82) is 0 Å². The van der Waals surface area contributed by atoms with E-state index in [4.69, 9.17) is 9.47 Å². The Bertz CT molecular complexity index is 1370. The van der Waals surface area contributed by atoms with Crippen LogP contribution in [0, 0.1) is 0 Å². The molecule has 2 unspecified atom stereocenters. The molecule has 202 valence electrons. The van der Waals surface area contributed by atoms with Gasteiger partial charge in [-0.1, -0.05) is 54.6 Å². The van der Waals surface area contributed by atoms with Crippen molar-refractivity contribution < 1.29 is 19.1 Å². The summed E-state index contributed by atoms with van der Waals surface area (Å²) in [5, 5.41) is 3.38. The number of nitrogens with zero attached hydrogens (tertiary/aromatic N) is 2. The highest BCUT2D eigenvalue weighted by atomic mass is 16.5. The van der Waals surface area contributed by atoms with Gasteiger partial charge in [0.05, 0.1) is 26.2 Å². The molecular formula is C32H35N3O4. The highest BCUT2D eigenvalue weighted by molar-refractivity contribution is 6.02. The first-order valence-electron chi connectivity index (χ1n) is 13.8. The van der Waals surface area contributed by atoms with Gasteiger partial charge >= 0.3 is 0 Å². The van der Waals surface area contributed by atoms with Crippen LogP contribution in [0.5, 0.6) is 11.5 Å². The Hall–Kier alpha value is -3.84. The van der Waals surface area contributed by atoms with Crippen LogP contribution < -0.4 is 14.8 Å². The number of fused-ring (bicyclic) bond motifs is 4. The number of piperidine rings is 1. The fourth-order valence-electron chi connectivity index (χ4n) is 6.50. The number of ether oxygens (including phenoxy) is 2. The third-order valence-electron chi connectivity index (χ3n) is 8.49. The minimum absolute atomic E-state index is 0.0378. The predicted octanol–water partition coefficient (Wildman–Crippen LogP) is 4.32. The number of rotatable bonds is 6. The van der Waals surface area contributed by atoms with Gasteiger partial charge in [-0.05, 0) is 53.6 Å². The lowest BCUT2D eigenvalue weighted by Crippen LogP contribution is -2.52. The number of carbonyl (C=O) groups excluding carboxylic acids is 2. The lowest BCUT2D eigenvalue weighted by Gasteiger charge is -2.45. The molecule has 0 bridgehead atoms. The summed E-state index contributed by atoms with van der Waals surface area (Å²) in [6.07, 6.45) is 2.57. The Morgan fingerprint density at radius 1 is 0.897 bits per heavy atom. The van der Waals surface area contributed by atoms with Crippen molar-refractivity contribution >= 4 is 11.8 Å². The van der Waals surface area contributed by atoms with Crippen molar-refractivity contribution in [1.82, 2.24) is 15.1 Å². The normalized spacial score (nSPS) is 21.0. The van der Waals surface area contributed by atoms with Crippen LogP contribution in [0.1, 0.15) is 57.4 Å². The predicted molar refractivity (Wildman–Crippen MR) is 149 cm³/mol. The molecule has 39 heavy (non-hydrogen) atoms. The summed E-state index contributed by atoms with van der Waals surface area (Å²) >= 11 is 0. The Morgan fingerprint density at radius 2 is 1.59 bits per heavy atom. The largest absolute Gasteiger partial charge is 0.493 e. The van der Waals surface area contributed by atoms with E-state index < -0.39 is 5.92 Å². The number of hydrogen-bond acceptors (Lipinski definition) is 5. The van der Waals surface area contributed by atoms with Crippen LogP contribution in [0.25, 0.3) is 0 Å². The zero-order valence-electron chi connectivity index (χ0n) is 22.6. The maximum Gasteiger partial charge on any atom is 0.254 e. The first kappa shape index (κ1) is 25.4. The molecule has 0 saturated carbocycles. The lowest BCUT2D eigenvalue weighted by atomic mass is 9.75. The van der Waals surface area contributed by atoms with Crippen molar-refractivity contribution in [2.24, 2.45) is 0 Å². The third-order valence-corrected chi connectivity index (χ3v) is 8.49. The molecule has 6 rings (SSSR count). The Labute approximate surface area is 229 Å². The van der Waals surface area contributed by atoms with Crippen molar-refractivity contribution in [3.8, 4) is 11.5 Å². The second kappa shape index (κ2) is 10.7. The van der Waals surface area contributed by atoms with Crippen molar-refractivity contribution in [3.05, 3.63) is 94.5 Å². The summed E-state index contributed by atoms with van der Waals surface area (Å²) < 4.78 is 11.1. The molecule has 7 nitrogen and oxygen atoms in total. The fraction of sp³-hybridized carbons (Fsp3) is 0.375. The second-order valence-corrected chi connectivity index (χ2v) is 10.7. The smallest absolute Gasteiger partial charge is 0.254 e. The van der Waals surface area contributed by atoms with Gasteiger partial charge in [0.2, 0.25) is 5.91 Å². The van der Waals surface area contributed by atoms with Gasteiger partial charge in [-0.3, -0.25) is 14.5 Å². The fourth-order valence-corrected chi connectivity index (χ4v) is 6.50. The molecule has 0 spiro atoms. The number of nitrogens with one attached hydrogen (secondary N) is 1. The van der Waals surface area contributed by atoms with E-state index in [1.54, 1.807) is 20.3 Å². The first-order chi connectivity index (χ1) is 19.1. The maximum absolute atomic E-state index is 14.2. The Kier molecular flexibility index (Phi) is 7.00. The molecule has 1 fully saturated rings. The summed E-state index contributed by atoms with van der Waals surface area (Å²) in [7, 11) is 3.14. The van der Waals surface area contributed by atoms with Crippen LogP contribution in [0.15, 0.2) is 66.7 Å². The summed E-state index contributed by atoms with van der Waals surface area (Å²) in [6, 6.07) is 22.0. The molecule has 0 radical (unpaired) electrons. The van der Waals surface area contributed by atoms with E-state index >= 15 is 0 Å². The van der Waals surface area contributed by atoms with E-state index in [9.17, 15) is 9.59 Å². The molecule has 0 aromatic heterocycles. The molecule has 3 aromatic rings. The number of carbonyl (C=O) groups is 2. The summed E-state index contributed by atoms with van der Waals surface area (Å²) in [5.41, 5.74) is 4.78. The number of benzene rings is 3. The van der Waals surface area contributed by atoms with Gasteiger partial charge in [-0.2, -0.15) is 0 Å². The van der Waals surface area contributed by atoms with Gasteiger partial charge in [0, 0.05) is 37.8 Å². The molecule has 1 N–H and O–H groups in total. The number of methoxy groups -OCH3 is 2. The molecule has 3 aliphatic rings. The monoisotopic (exact) mass is 525 g/mol. The molecule has 7 heteroatoms. The summed E-state index contributed by atoms with van der Waals surface area (Å²) in [4.78, 5) is 32.3. The molecule has 2 amide bonds. The van der Waals surface area contributed by atoms with E-state index in [0.29, 0.717) is 29.2 Å². The molecule has 3 heterocycles. The highest BCUT2D eigenvalue weighted by Gasteiger charge is 2.47. The molecule has 3 aliphatic heterocycles. The van der Waals surface area contributed by atoms with Crippen LogP contribution in [0.4, 0.5) is 0 Å².